The molecule has 0 aliphatic carbocycles. The summed E-state index contributed by atoms with van der Waals surface area (Å²) in [5.41, 5.74) is 3.57. The van der Waals surface area contributed by atoms with Crippen LogP contribution in [0.4, 0.5) is 5.69 Å². The largest absolute Gasteiger partial charge is 0.495 e. The van der Waals surface area contributed by atoms with Crippen molar-refractivity contribution >= 4 is 21.4 Å². The molecule has 2 aromatic heterocycles. The SMILES string of the molecule is COc1ccc(-c2cn3ccccc3n2)cc1NS(=O)(=O)c1cccc(C)c1. The lowest BCUT2D eigenvalue weighted by Crippen LogP contribution is -2.13. The second-order valence-electron chi connectivity index (χ2n) is 6.43. The van der Waals surface area contributed by atoms with Gasteiger partial charge in [-0.15, -0.1) is 0 Å². The molecule has 4 rings (SSSR count). The highest BCUT2D eigenvalue weighted by atomic mass is 32.2. The Kier molecular flexibility index (Phi) is 4.52. The number of hydrogen-bond donors (Lipinski definition) is 1. The Morgan fingerprint density at radius 1 is 1.04 bits per heavy atom. The first-order valence-corrected chi connectivity index (χ1v) is 10.2. The van der Waals surface area contributed by atoms with Crippen molar-refractivity contribution in [3.8, 4) is 17.0 Å². The van der Waals surface area contributed by atoms with Gasteiger partial charge >= 0.3 is 0 Å². The maximum Gasteiger partial charge on any atom is 0.262 e. The Labute approximate surface area is 163 Å². The molecule has 1 N–H and O–H groups in total. The van der Waals surface area contributed by atoms with E-state index in [4.69, 9.17) is 4.74 Å². The topological polar surface area (TPSA) is 72.7 Å². The second-order valence-corrected chi connectivity index (χ2v) is 8.11. The van der Waals surface area contributed by atoms with E-state index < -0.39 is 10.0 Å². The summed E-state index contributed by atoms with van der Waals surface area (Å²) in [7, 11) is -2.24. The highest BCUT2D eigenvalue weighted by Crippen LogP contribution is 2.32. The molecule has 142 valence electrons. The monoisotopic (exact) mass is 393 g/mol. The van der Waals surface area contributed by atoms with Gasteiger partial charge in [0.2, 0.25) is 0 Å². The predicted molar refractivity (Wildman–Crippen MR) is 109 cm³/mol. The molecule has 0 saturated carbocycles. The number of benzene rings is 2. The number of aromatic nitrogens is 2. The van der Waals surface area contributed by atoms with E-state index in [1.165, 1.54) is 7.11 Å². The van der Waals surface area contributed by atoms with Crippen molar-refractivity contribution in [1.82, 2.24) is 9.38 Å². The fourth-order valence-corrected chi connectivity index (χ4v) is 4.17. The van der Waals surface area contributed by atoms with E-state index in [1.54, 1.807) is 30.3 Å². The molecule has 2 aromatic carbocycles. The number of sulfonamides is 1. The van der Waals surface area contributed by atoms with E-state index in [2.05, 4.69) is 9.71 Å². The lowest BCUT2D eigenvalue weighted by molar-refractivity contribution is 0.417. The van der Waals surface area contributed by atoms with Crippen LogP contribution in [0.25, 0.3) is 16.9 Å². The van der Waals surface area contributed by atoms with Crippen molar-refractivity contribution in [3.63, 3.8) is 0 Å². The summed E-state index contributed by atoms with van der Waals surface area (Å²) in [5.74, 6) is 0.434. The zero-order valence-corrected chi connectivity index (χ0v) is 16.3. The van der Waals surface area contributed by atoms with Crippen LogP contribution >= 0.6 is 0 Å². The zero-order valence-electron chi connectivity index (χ0n) is 15.5. The van der Waals surface area contributed by atoms with E-state index in [-0.39, 0.29) is 4.90 Å². The van der Waals surface area contributed by atoms with Crippen LogP contribution in [0.5, 0.6) is 5.75 Å². The molecule has 2 heterocycles. The van der Waals surface area contributed by atoms with Gasteiger partial charge in [0.1, 0.15) is 11.4 Å². The van der Waals surface area contributed by atoms with Gasteiger partial charge in [0, 0.05) is 18.0 Å². The molecular weight excluding hydrogens is 374 g/mol. The number of nitrogens with one attached hydrogen (secondary N) is 1. The Balaban J connectivity index is 1.75. The summed E-state index contributed by atoms with van der Waals surface area (Å²) in [6.45, 7) is 1.85. The second kappa shape index (κ2) is 7.01. The van der Waals surface area contributed by atoms with Gasteiger partial charge in [-0.2, -0.15) is 0 Å². The van der Waals surface area contributed by atoms with Gasteiger partial charge in [0.05, 0.1) is 23.4 Å². The van der Waals surface area contributed by atoms with E-state index in [0.717, 1.165) is 22.5 Å². The summed E-state index contributed by atoms with van der Waals surface area (Å²) < 4.78 is 35.5. The summed E-state index contributed by atoms with van der Waals surface area (Å²) >= 11 is 0. The highest BCUT2D eigenvalue weighted by molar-refractivity contribution is 7.92. The number of ether oxygens (including phenoxy) is 1. The predicted octanol–water partition coefficient (Wildman–Crippen LogP) is 4.12. The summed E-state index contributed by atoms with van der Waals surface area (Å²) in [5, 5.41) is 0. The van der Waals surface area contributed by atoms with Crippen LogP contribution in [-0.4, -0.2) is 24.9 Å². The number of fused-ring (bicyclic) bond motifs is 1. The number of anilines is 1. The molecule has 28 heavy (non-hydrogen) atoms. The summed E-state index contributed by atoms with van der Waals surface area (Å²) in [6, 6.07) is 17.8. The first kappa shape index (κ1) is 18.1. The van der Waals surface area contributed by atoms with Gasteiger partial charge in [-0.1, -0.05) is 18.2 Å². The molecule has 0 radical (unpaired) electrons. The molecule has 0 aliphatic rings. The minimum atomic E-state index is -3.75. The van der Waals surface area contributed by atoms with E-state index in [9.17, 15) is 8.42 Å². The Bertz CT molecular complexity index is 1230. The first-order valence-electron chi connectivity index (χ1n) is 8.68. The standard InChI is InChI=1S/C21H19N3O3S/c1-15-6-5-7-17(12-15)28(25,26)23-18-13-16(9-10-20(18)27-2)19-14-24-11-4-3-8-21(24)22-19/h3-14,23H,1-2H3. The zero-order chi connectivity index (χ0) is 19.7. The van der Waals surface area contributed by atoms with Gasteiger partial charge in [-0.25, -0.2) is 13.4 Å². The lowest BCUT2D eigenvalue weighted by atomic mass is 10.1. The van der Waals surface area contributed by atoms with E-state index in [1.807, 2.05) is 54.0 Å². The number of pyridine rings is 1. The van der Waals surface area contributed by atoms with Gasteiger partial charge < -0.3 is 9.14 Å². The van der Waals surface area contributed by atoms with Crippen LogP contribution in [0, 0.1) is 6.92 Å². The van der Waals surface area contributed by atoms with Crippen molar-refractivity contribution in [2.45, 2.75) is 11.8 Å². The molecular formula is C21H19N3O3S. The quantitative estimate of drug-likeness (QED) is 0.554. The maximum atomic E-state index is 12.8. The molecule has 7 heteroatoms. The molecule has 4 aromatic rings. The number of imidazole rings is 1. The summed E-state index contributed by atoms with van der Waals surface area (Å²) in [6.07, 6.45) is 3.81. The van der Waals surface area contributed by atoms with Crippen LogP contribution < -0.4 is 9.46 Å². The number of hydrogen-bond acceptors (Lipinski definition) is 4. The normalized spacial score (nSPS) is 11.5. The molecule has 6 nitrogen and oxygen atoms in total. The van der Waals surface area contributed by atoms with E-state index >= 15 is 0 Å². The van der Waals surface area contributed by atoms with Crippen LogP contribution in [-0.2, 0) is 10.0 Å². The Morgan fingerprint density at radius 3 is 2.64 bits per heavy atom. The molecule has 0 aliphatic heterocycles. The fraction of sp³-hybridized carbons (Fsp3) is 0.0952. The number of methoxy groups -OCH3 is 1. The Hall–Kier alpha value is -3.32. The number of nitrogens with zero attached hydrogens (tertiary/aromatic N) is 2. The van der Waals surface area contributed by atoms with E-state index in [0.29, 0.717) is 11.4 Å². The van der Waals surface area contributed by atoms with Crippen molar-refractivity contribution in [3.05, 3.63) is 78.6 Å². The minimum absolute atomic E-state index is 0.202. The molecule has 0 bridgehead atoms. The highest BCUT2D eigenvalue weighted by Gasteiger charge is 2.18. The van der Waals surface area contributed by atoms with Gasteiger partial charge in [-0.05, 0) is 55.0 Å². The van der Waals surface area contributed by atoms with Crippen molar-refractivity contribution < 1.29 is 13.2 Å². The Morgan fingerprint density at radius 2 is 1.89 bits per heavy atom. The third-order valence-corrected chi connectivity index (χ3v) is 5.77. The summed E-state index contributed by atoms with van der Waals surface area (Å²) in [4.78, 5) is 4.79. The minimum Gasteiger partial charge on any atom is -0.495 e. The van der Waals surface area contributed by atoms with Crippen molar-refractivity contribution in [1.29, 1.82) is 0 Å². The third-order valence-electron chi connectivity index (χ3n) is 4.40. The maximum absolute atomic E-state index is 12.8. The lowest BCUT2D eigenvalue weighted by Gasteiger charge is -2.13. The van der Waals surface area contributed by atoms with Gasteiger partial charge in [-0.3, -0.25) is 4.72 Å². The molecule has 0 spiro atoms. The average Bonchev–Trinajstić information content (AvgIpc) is 3.12. The van der Waals surface area contributed by atoms with Crippen LogP contribution in [0.1, 0.15) is 5.56 Å². The average molecular weight is 393 g/mol. The van der Waals surface area contributed by atoms with Gasteiger partial charge in [0.15, 0.2) is 0 Å². The van der Waals surface area contributed by atoms with Crippen LogP contribution in [0.3, 0.4) is 0 Å². The first-order chi connectivity index (χ1) is 13.5. The van der Waals surface area contributed by atoms with Crippen molar-refractivity contribution in [2.75, 3.05) is 11.8 Å². The molecule has 0 unspecified atom stereocenters. The molecule has 0 atom stereocenters. The van der Waals surface area contributed by atoms with Gasteiger partial charge in [0.25, 0.3) is 10.0 Å². The fourth-order valence-electron chi connectivity index (χ4n) is 3.01. The van der Waals surface area contributed by atoms with Crippen LogP contribution in [0.2, 0.25) is 0 Å². The molecule has 0 fully saturated rings. The number of aryl methyl sites for hydroxylation is 1. The number of rotatable bonds is 5. The smallest absolute Gasteiger partial charge is 0.262 e. The van der Waals surface area contributed by atoms with Crippen molar-refractivity contribution in [2.24, 2.45) is 0 Å². The molecule has 0 amide bonds. The van der Waals surface area contributed by atoms with Crippen LogP contribution in [0.15, 0.2) is 78.0 Å². The molecule has 0 saturated heterocycles. The third kappa shape index (κ3) is 3.44.